The van der Waals surface area contributed by atoms with Gasteiger partial charge in [0.25, 0.3) is 0 Å². The highest BCUT2D eigenvalue weighted by atomic mass is 35.5. The number of hydrogen-bond acceptors (Lipinski definition) is 2. The SMILES string of the molecule is CC(=O)c1ccc(Oc2ccc(F)c(Cl)c2)c(Cl)c1. The molecule has 2 rings (SSSR count). The molecular formula is C14H9Cl2FO2. The normalized spacial score (nSPS) is 10.3. The Morgan fingerprint density at radius 2 is 1.84 bits per heavy atom. The van der Waals surface area contributed by atoms with Crippen LogP contribution < -0.4 is 4.74 Å². The van der Waals surface area contributed by atoms with E-state index >= 15 is 0 Å². The molecule has 0 amide bonds. The van der Waals surface area contributed by atoms with Gasteiger partial charge in [0.1, 0.15) is 17.3 Å². The molecule has 5 heteroatoms. The fraction of sp³-hybridized carbons (Fsp3) is 0.0714. The molecule has 0 heterocycles. The molecule has 0 saturated carbocycles. The van der Waals surface area contributed by atoms with E-state index in [-0.39, 0.29) is 10.8 Å². The number of ketones is 1. The Morgan fingerprint density at radius 1 is 1.11 bits per heavy atom. The molecule has 0 spiro atoms. The van der Waals surface area contributed by atoms with Gasteiger partial charge in [0.15, 0.2) is 5.78 Å². The molecule has 0 aromatic heterocycles. The standard InChI is InChI=1S/C14H9Cl2FO2/c1-8(18)9-2-5-14(12(16)6-9)19-10-3-4-13(17)11(15)7-10/h2-7H,1H3. The van der Waals surface area contributed by atoms with E-state index in [4.69, 9.17) is 27.9 Å². The van der Waals surface area contributed by atoms with E-state index < -0.39 is 5.82 Å². The summed E-state index contributed by atoms with van der Waals surface area (Å²) in [5, 5.41) is 0.266. The van der Waals surface area contributed by atoms with Crippen molar-refractivity contribution in [2.24, 2.45) is 0 Å². The Hall–Kier alpha value is -1.58. The second kappa shape index (κ2) is 5.59. The molecule has 0 bridgehead atoms. The first-order valence-electron chi connectivity index (χ1n) is 5.41. The Kier molecular flexibility index (Phi) is 4.08. The van der Waals surface area contributed by atoms with Gasteiger partial charge in [-0.3, -0.25) is 4.79 Å². The fourth-order valence-corrected chi connectivity index (χ4v) is 1.86. The van der Waals surface area contributed by atoms with Crippen molar-refractivity contribution in [3.05, 3.63) is 57.8 Å². The summed E-state index contributed by atoms with van der Waals surface area (Å²) in [5.41, 5.74) is 0.495. The average Bonchev–Trinajstić information content (AvgIpc) is 2.36. The van der Waals surface area contributed by atoms with Gasteiger partial charge in [-0.1, -0.05) is 23.2 Å². The van der Waals surface area contributed by atoms with Gasteiger partial charge < -0.3 is 4.74 Å². The molecule has 19 heavy (non-hydrogen) atoms. The summed E-state index contributed by atoms with van der Waals surface area (Å²) in [6, 6.07) is 8.70. The van der Waals surface area contributed by atoms with Gasteiger partial charge in [-0.25, -0.2) is 4.39 Å². The van der Waals surface area contributed by atoms with Gasteiger partial charge in [-0.15, -0.1) is 0 Å². The van der Waals surface area contributed by atoms with E-state index in [0.717, 1.165) is 0 Å². The summed E-state index contributed by atoms with van der Waals surface area (Å²) in [5.74, 6) is 0.128. The largest absolute Gasteiger partial charge is 0.456 e. The summed E-state index contributed by atoms with van der Waals surface area (Å²) < 4.78 is 18.5. The van der Waals surface area contributed by atoms with Crippen LogP contribution in [0.5, 0.6) is 11.5 Å². The Labute approximate surface area is 119 Å². The van der Waals surface area contributed by atoms with E-state index in [2.05, 4.69) is 0 Å². The Bertz CT molecular complexity index is 641. The highest BCUT2D eigenvalue weighted by Crippen LogP contribution is 2.31. The maximum absolute atomic E-state index is 13.0. The van der Waals surface area contributed by atoms with Crippen molar-refractivity contribution in [1.29, 1.82) is 0 Å². The minimum absolute atomic E-state index is 0.0334. The molecular weight excluding hydrogens is 290 g/mol. The predicted octanol–water partition coefficient (Wildman–Crippen LogP) is 5.13. The molecule has 0 N–H and O–H groups in total. The molecule has 0 aliphatic rings. The lowest BCUT2D eigenvalue weighted by molar-refractivity contribution is 0.101. The average molecular weight is 299 g/mol. The van der Waals surface area contributed by atoms with Crippen LogP contribution in [0, 0.1) is 5.82 Å². The third-order valence-electron chi connectivity index (χ3n) is 2.46. The molecule has 98 valence electrons. The fourth-order valence-electron chi connectivity index (χ4n) is 1.47. The van der Waals surface area contributed by atoms with Crippen LogP contribution in [-0.4, -0.2) is 5.78 Å². The van der Waals surface area contributed by atoms with Crippen molar-refractivity contribution in [2.45, 2.75) is 6.92 Å². The molecule has 0 aliphatic heterocycles. The molecule has 0 atom stereocenters. The van der Waals surface area contributed by atoms with Crippen molar-refractivity contribution >= 4 is 29.0 Å². The van der Waals surface area contributed by atoms with Crippen LogP contribution in [0.25, 0.3) is 0 Å². The molecule has 0 fully saturated rings. The first-order valence-corrected chi connectivity index (χ1v) is 6.16. The van der Waals surface area contributed by atoms with Crippen LogP contribution in [0.3, 0.4) is 0 Å². The number of halogens is 3. The Morgan fingerprint density at radius 3 is 2.42 bits per heavy atom. The number of ether oxygens (including phenoxy) is 1. The predicted molar refractivity (Wildman–Crippen MR) is 72.9 cm³/mol. The van der Waals surface area contributed by atoms with Crippen LogP contribution >= 0.6 is 23.2 Å². The van der Waals surface area contributed by atoms with Gasteiger partial charge in [-0.2, -0.15) is 0 Å². The van der Waals surface area contributed by atoms with Crippen molar-refractivity contribution in [3.63, 3.8) is 0 Å². The molecule has 2 aromatic rings. The van der Waals surface area contributed by atoms with Crippen LogP contribution in [0.4, 0.5) is 4.39 Å². The Balaban J connectivity index is 2.28. The molecule has 0 radical (unpaired) electrons. The summed E-state index contributed by atoms with van der Waals surface area (Å²) in [6.45, 7) is 1.45. The maximum Gasteiger partial charge on any atom is 0.159 e. The summed E-state index contributed by atoms with van der Waals surface area (Å²) >= 11 is 11.7. The van der Waals surface area contributed by atoms with E-state index in [1.165, 1.54) is 31.2 Å². The van der Waals surface area contributed by atoms with Gasteiger partial charge in [0.2, 0.25) is 0 Å². The van der Waals surface area contributed by atoms with Gasteiger partial charge >= 0.3 is 0 Å². The third-order valence-corrected chi connectivity index (χ3v) is 3.04. The summed E-state index contributed by atoms with van der Waals surface area (Å²) in [6.07, 6.45) is 0. The minimum Gasteiger partial charge on any atom is -0.456 e. The molecule has 2 aromatic carbocycles. The molecule has 0 aliphatic carbocycles. The number of carbonyl (C=O) groups is 1. The number of carbonyl (C=O) groups excluding carboxylic acids is 1. The summed E-state index contributed by atoms with van der Waals surface area (Å²) in [4.78, 5) is 11.2. The quantitative estimate of drug-likeness (QED) is 0.735. The first-order chi connectivity index (χ1) is 8.97. The molecule has 2 nitrogen and oxygen atoms in total. The van der Waals surface area contributed by atoms with Crippen LogP contribution in [0.2, 0.25) is 10.0 Å². The van der Waals surface area contributed by atoms with Crippen molar-refractivity contribution in [2.75, 3.05) is 0 Å². The van der Waals surface area contributed by atoms with Gasteiger partial charge in [0, 0.05) is 11.6 Å². The zero-order chi connectivity index (χ0) is 14.0. The van der Waals surface area contributed by atoms with Crippen LogP contribution in [0.1, 0.15) is 17.3 Å². The monoisotopic (exact) mass is 298 g/mol. The minimum atomic E-state index is -0.521. The van der Waals surface area contributed by atoms with Gasteiger partial charge in [-0.05, 0) is 37.3 Å². The second-order valence-corrected chi connectivity index (χ2v) is 4.69. The topological polar surface area (TPSA) is 26.3 Å². The maximum atomic E-state index is 13.0. The van der Waals surface area contributed by atoms with Crippen LogP contribution in [-0.2, 0) is 0 Å². The highest BCUT2D eigenvalue weighted by molar-refractivity contribution is 6.32. The smallest absolute Gasteiger partial charge is 0.159 e. The first kappa shape index (κ1) is 13.8. The summed E-state index contributed by atoms with van der Waals surface area (Å²) in [7, 11) is 0. The van der Waals surface area contributed by atoms with Crippen molar-refractivity contribution < 1.29 is 13.9 Å². The number of Topliss-reactive ketones (excluding diaryl/α,β-unsaturated/α-hetero) is 1. The van der Waals surface area contributed by atoms with Crippen molar-refractivity contribution in [3.8, 4) is 11.5 Å². The number of benzene rings is 2. The molecule has 0 saturated heterocycles. The van der Waals surface area contributed by atoms with E-state index in [1.807, 2.05) is 0 Å². The molecule has 0 unspecified atom stereocenters. The number of hydrogen-bond donors (Lipinski definition) is 0. The van der Waals surface area contributed by atoms with Crippen molar-refractivity contribution in [1.82, 2.24) is 0 Å². The lowest BCUT2D eigenvalue weighted by Crippen LogP contribution is -1.93. The highest BCUT2D eigenvalue weighted by Gasteiger charge is 2.08. The second-order valence-electron chi connectivity index (χ2n) is 3.88. The van der Waals surface area contributed by atoms with E-state index in [1.54, 1.807) is 12.1 Å². The van der Waals surface area contributed by atoms with E-state index in [0.29, 0.717) is 22.1 Å². The van der Waals surface area contributed by atoms with E-state index in [9.17, 15) is 9.18 Å². The lowest BCUT2D eigenvalue weighted by atomic mass is 10.1. The zero-order valence-corrected chi connectivity index (χ0v) is 11.4. The lowest BCUT2D eigenvalue weighted by Gasteiger charge is -2.09. The zero-order valence-electron chi connectivity index (χ0n) is 9.91. The number of rotatable bonds is 3. The third kappa shape index (κ3) is 3.25. The van der Waals surface area contributed by atoms with Crippen LogP contribution in [0.15, 0.2) is 36.4 Å². The van der Waals surface area contributed by atoms with Gasteiger partial charge in [0.05, 0.1) is 10.0 Å².